The van der Waals surface area contributed by atoms with E-state index in [1.165, 1.54) is 6.92 Å². The molecule has 1 fully saturated rings. The zero-order valence-corrected chi connectivity index (χ0v) is 13.8. The number of carbonyl (C=O) groups is 2. The topological polar surface area (TPSA) is 84.2 Å². The summed E-state index contributed by atoms with van der Waals surface area (Å²) in [5.74, 6) is 0.138. The van der Waals surface area contributed by atoms with Crippen LogP contribution in [0.4, 0.5) is 11.4 Å². The first-order valence-corrected chi connectivity index (χ1v) is 7.39. The molecule has 1 aliphatic carbocycles. The maximum absolute atomic E-state index is 12.1. The van der Waals surface area contributed by atoms with Crippen LogP contribution in [0.3, 0.4) is 0 Å². The number of carbonyl (C=O) groups excluding carboxylic acids is 2. The van der Waals surface area contributed by atoms with Crippen molar-refractivity contribution in [3.63, 3.8) is 0 Å². The van der Waals surface area contributed by atoms with Gasteiger partial charge in [0.2, 0.25) is 11.8 Å². The lowest BCUT2D eigenvalue weighted by Gasteiger charge is -2.15. The van der Waals surface area contributed by atoms with Crippen molar-refractivity contribution < 1.29 is 9.59 Å². The molecule has 2 atom stereocenters. The zero-order chi connectivity index (χ0) is 15.4. The molecule has 2 rings (SSSR count). The first-order chi connectivity index (χ1) is 9.95. The van der Waals surface area contributed by atoms with E-state index in [1.54, 1.807) is 6.07 Å². The summed E-state index contributed by atoms with van der Waals surface area (Å²) < 4.78 is 0. The number of nitrogens with two attached hydrogens (primary N) is 1. The Balaban J connectivity index is 0.00000242. The maximum Gasteiger partial charge on any atom is 0.224 e. The Bertz CT molecular complexity index is 548. The van der Waals surface area contributed by atoms with Crippen LogP contribution in [0.25, 0.3) is 0 Å². The summed E-state index contributed by atoms with van der Waals surface area (Å²) in [5, 5.41) is 5.64. The fourth-order valence-electron chi connectivity index (χ4n) is 2.79. The van der Waals surface area contributed by atoms with E-state index < -0.39 is 0 Å². The summed E-state index contributed by atoms with van der Waals surface area (Å²) in [5.41, 5.74) is 8.37. The lowest BCUT2D eigenvalue weighted by Crippen LogP contribution is -2.28. The molecule has 0 heterocycles. The molecule has 5 nitrogen and oxygen atoms in total. The van der Waals surface area contributed by atoms with Gasteiger partial charge in [0.15, 0.2) is 0 Å². The van der Waals surface area contributed by atoms with Gasteiger partial charge in [-0.1, -0.05) is 12.5 Å². The molecule has 0 spiro atoms. The molecule has 1 aromatic carbocycles. The summed E-state index contributed by atoms with van der Waals surface area (Å²) in [6.45, 7) is 3.38. The highest BCUT2D eigenvalue weighted by Gasteiger charge is 2.26. The molecule has 1 saturated carbocycles. The van der Waals surface area contributed by atoms with Gasteiger partial charge in [-0.3, -0.25) is 9.59 Å². The lowest BCUT2D eigenvalue weighted by molar-refractivity contribution is -0.117. The molecule has 1 aliphatic rings. The van der Waals surface area contributed by atoms with Crippen LogP contribution in [0.1, 0.15) is 38.2 Å². The number of hydrogen-bond acceptors (Lipinski definition) is 3. The highest BCUT2D eigenvalue weighted by Crippen LogP contribution is 2.27. The second-order valence-electron chi connectivity index (χ2n) is 5.82. The van der Waals surface area contributed by atoms with Gasteiger partial charge in [-0.05, 0) is 43.4 Å². The van der Waals surface area contributed by atoms with E-state index in [4.69, 9.17) is 5.73 Å². The van der Waals surface area contributed by atoms with Gasteiger partial charge < -0.3 is 16.4 Å². The van der Waals surface area contributed by atoms with Crippen molar-refractivity contribution >= 4 is 35.6 Å². The number of nitrogens with one attached hydrogen (secondary N) is 2. The minimum atomic E-state index is -0.126. The lowest BCUT2D eigenvalue weighted by atomic mass is 10.00. The Labute approximate surface area is 137 Å². The number of aryl methyl sites for hydroxylation is 1. The Morgan fingerprint density at radius 3 is 2.59 bits per heavy atom. The molecular formula is C16H24ClN3O2. The predicted octanol–water partition coefficient (Wildman–Crippen LogP) is 2.83. The van der Waals surface area contributed by atoms with Crippen LogP contribution in [0.15, 0.2) is 18.2 Å². The molecule has 6 heteroatoms. The van der Waals surface area contributed by atoms with Crippen molar-refractivity contribution in [2.24, 2.45) is 11.7 Å². The number of amides is 2. The second-order valence-corrected chi connectivity index (χ2v) is 5.82. The Morgan fingerprint density at radius 1 is 1.27 bits per heavy atom. The second kappa shape index (κ2) is 8.15. The highest BCUT2D eigenvalue weighted by atomic mass is 35.5. The molecule has 22 heavy (non-hydrogen) atoms. The van der Waals surface area contributed by atoms with Crippen LogP contribution in [-0.2, 0) is 9.59 Å². The predicted molar refractivity (Wildman–Crippen MR) is 91.3 cm³/mol. The van der Waals surface area contributed by atoms with Gasteiger partial charge in [0.1, 0.15) is 0 Å². The summed E-state index contributed by atoms with van der Waals surface area (Å²) >= 11 is 0. The third-order valence-corrected chi connectivity index (χ3v) is 4.00. The number of anilines is 2. The zero-order valence-electron chi connectivity index (χ0n) is 13.0. The van der Waals surface area contributed by atoms with Gasteiger partial charge >= 0.3 is 0 Å². The van der Waals surface area contributed by atoms with Gasteiger partial charge in [0.05, 0.1) is 0 Å². The molecule has 0 aromatic heterocycles. The third-order valence-electron chi connectivity index (χ3n) is 4.00. The van der Waals surface area contributed by atoms with E-state index in [0.717, 1.165) is 30.5 Å². The van der Waals surface area contributed by atoms with Crippen LogP contribution in [0.5, 0.6) is 0 Å². The quantitative estimate of drug-likeness (QED) is 0.795. The van der Waals surface area contributed by atoms with Crippen molar-refractivity contribution in [3.8, 4) is 0 Å². The first kappa shape index (κ1) is 18.5. The van der Waals surface area contributed by atoms with Gasteiger partial charge in [-0.2, -0.15) is 0 Å². The molecule has 0 aliphatic heterocycles. The van der Waals surface area contributed by atoms with E-state index in [-0.39, 0.29) is 36.2 Å². The summed E-state index contributed by atoms with van der Waals surface area (Å²) in [7, 11) is 0. The Hall–Kier alpha value is -1.59. The minimum Gasteiger partial charge on any atom is -0.327 e. The summed E-state index contributed by atoms with van der Waals surface area (Å²) in [6, 6.07) is 5.64. The van der Waals surface area contributed by atoms with Crippen molar-refractivity contribution in [3.05, 3.63) is 23.8 Å². The number of benzene rings is 1. The largest absolute Gasteiger partial charge is 0.327 e. The smallest absolute Gasteiger partial charge is 0.224 e. The van der Waals surface area contributed by atoms with Crippen LogP contribution in [0.2, 0.25) is 0 Å². The van der Waals surface area contributed by atoms with E-state index in [2.05, 4.69) is 10.6 Å². The third kappa shape index (κ3) is 5.00. The van der Waals surface area contributed by atoms with E-state index in [0.29, 0.717) is 12.1 Å². The molecule has 0 radical (unpaired) electrons. The molecule has 0 unspecified atom stereocenters. The summed E-state index contributed by atoms with van der Waals surface area (Å²) in [6.07, 6.45) is 3.61. The Morgan fingerprint density at radius 2 is 2.00 bits per heavy atom. The number of halogens is 1. The van der Waals surface area contributed by atoms with E-state index in [9.17, 15) is 9.59 Å². The standard InChI is InChI=1S/C16H23N3O2.ClH/c1-10-6-7-13(9-15(10)18-11(2)20)19-16(21)8-12-4-3-5-14(12)17;/h6-7,9,12,14H,3-5,8,17H2,1-2H3,(H,18,20)(H,19,21);1H/t12-,14+;/m0./s1. The molecule has 1 aromatic rings. The van der Waals surface area contributed by atoms with Gasteiger partial charge in [-0.25, -0.2) is 0 Å². The first-order valence-electron chi connectivity index (χ1n) is 7.39. The number of rotatable bonds is 4. The van der Waals surface area contributed by atoms with Crippen LogP contribution in [-0.4, -0.2) is 17.9 Å². The van der Waals surface area contributed by atoms with Gasteiger partial charge in [-0.15, -0.1) is 12.4 Å². The molecule has 0 bridgehead atoms. The van der Waals surface area contributed by atoms with E-state index in [1.807, 2.05) is 19.1 Å². The number of hydrogen-bond donors (Lipinski definition) is 3. The van der Waals surface area contributed by atoms with Gasteiger partial charge in [0, 0.05) is 30.8 Å². The highest BCUT2D eigenvalue weighted by molar-refractivity contribution is 5.94. The van der Waals surface area contributed by atoms with Crippen molar-refractivity contribution in [1.29, 1.82) is 0 Å². The fourth-order valence-corrected chi connectivity index (χ4v) is 2.79. The molecule has 4 N–H and O–H groups in total. The molecule has 0 saturated heterocycles. The van der Waals surface area contributed by atoms with Crippen molar-refractivity contribution in [2.75, 3.05) is 10.6 Å². The van der Waals surface area contributed by atoms with E-state index >= 15 is 0 Å². The maximum atomic E-state index is 12.1. The van der Waals surface area contributed by atoms with Crippen LogP contribution < -0.4 is 16.4 Å². The molecular weight excluding hydrogens is 302 g/mol. The average molecular weight is 326 g/mol. The fraction of sp³-hybridized carbons (Fsp3) is 0.500. The van der Waals surface area contributed by atoms with Crippen LogP contribution in [0, 0.1) is 12.8 Å². The Kier molecular flexibility index (Phi) is 6.84. The average Bonchev–Trinajstić information content (AvgIpc) is 2.78. The SMILES string of the molecule is CC(=O)Nc1cc(NC(=O)C[C@@H]2CCC[C@H]2N)ccc1C.Cl. The normalized spacial score (nSPS) is 20.1. The molecule has 2 amide bonds. The molecule has 122 valence electrons. The van der Waals surface area contributed by atoms with Gasteiger partial charge in [0.25, 0.3) is 0 Å². The van der Waals surface area contributed by atoms with Crippen LogP contribution >= 0.6 is 12.4 Å². The van der Waals surface area contributed by atoms with Crippen molar-refractivity contribution in [1.82, 2.24) is 0 Å². The van der Waals surface area contributed by atoms with Crippen molar-refractivity contribution in [2.45, 2.75) is 45.6 Å². The summed E-state index contributed by atoms with van der Waals surface area (Å²) in [4.78, 5) is 23.2. The minimum absolute atomic E-state index is 0. The monoisotopic (exact) mass is 325 g/mol.